The van der Waals surface area contributed by atoms with Crippen molar-refractivity contribution in [2.24, 2.45) is 13.0 Å². The second kappa shape index (κ2) is 6.64. The summed E-state index contributed by atoms with van der Waals surface area (Å²) in [7, 11) is 3.47. The van der Waals surface area contributed by atoms with Crippen LogP contribution in [0.2, 0.25) is 0 Å². The zero-order valence-corrected chi connectivity index (χ0v) is 13.8. The SMILES string of the molecule is COc1ccc(C)cc1-c1cc(C(=O)NCC(C)C)nn1C. The highest BCUT2D eigenvalue weighted by molar-refractivity contribution is 5.93. The standard InChI is InChI=1S/C17H23N3O2/c1-11(2)10-18-17(21)14-9-15(20(4)19-14)13-8-12(3)6-7-16(13)22-5/h6-9,11H,10H2,1-5H3,(H,18,21). The number of rotatable bonds is 5. The number of nitrogens with one attached hydrogen (secondary N) is 1. The lowest BCUT2D eigenvalue weighted by atomic mass is 10.1. The molecule has 0 atom stereocenters. The van der Waals surface area contributed by atoms with Gasteiger partial charge in [-0.15, -0.1) is 0 Å². The molecule has 5 heteroatoms. The minimum absolute atomic E-state index is 0.151. The summed E-state index contributed by atoms with van der Waals surface area (Å²) < 4.78 is 7.13. The van der Waals surface area contributed by atoms with Crippen LogP contribution in [-0.4, -0.2) is 29.3 Å². The maximum Gasteiger partial charge on any atom is 0.271 e. The smallest absolute Gasteiger partial charge is 0.271 e. The van der Waals surface area contributed by atoms with E-state index in [1.807, 2.05) is 32.2 Å². The summed E-state index contributed by atoms with van der Waals surface area (Å²) >= 11 is 0. The Kier molecular flexibility index (Phi) is 4.85. The molecule has 2 rings (SSSR count). The number of carbonyl (C=O) groups is 1. The Labute approximate surface area is 131 Å². The van der Waals surface area contributed by atoms with Gasteiger partial charge in [-0.2, -0.15) is 5.10 Å². The summed E-state index contributed by atoms with van der Waals surface area (Å²) in [4.78, 5) is 12.1. The number of carbonyl (C=O) groups excluding carboxylic acids is 1. The Bertz CT molecular complexity index is 675. The van der Waals surface area contributed by atoms with E-state index in [4.69, 9.17) is 4.74 Å². The Balaban J connectivity index is 2.34. The number of ether oxygens (including phenoxy) is 1. The molecule has 22 heavy (non-hydrogen) atoms. The van der Waals surface area contributed by atoms with E-state index in [0.29, 0.717) is 18.2 Å². The lowest BCUT2D eigenvalue weighted by Crippen LogP contribution is -2.27. The number of hydrogen-bond acceptors (Lipinski definition) is 3. The van der Waals surface area contributed by atoms with Gasteiger partial charge in [-0.3, -0.25) is 9.48 Å². The maximum absolute atomic E-state index is 12.1. The van der Waals surface area contributed by atoms with Crippen LogP contribution in [-0.2, 0) is 7.05 Å². The molecule has 1 aromatic heterocycles. The first-order chi connectivity index (χ1) is 10.4. The van der Waals surface area contributed by atoms with Gasteiger partial charge in [0.05, 0.1) is 12.8 Å². The predicted molar refractivity (Wildman–Crippen MR) is 87.1 cm³/mol. The lowest BCUT2D eigenvalue weighted by molar-refractivity contribution is 0.0943. The molecule has 0 saturated carbocycles. The minimum atomic E-state index is -0.151. The number of aryl methyl sites for hydroxylation is 2. The van der Waals surface area contributed by atoms with Gasteiger partial charge in [0.25, 0.3) is 5.91 Å². The van der Waals surface area contributed by atoms with Gasteiger partial charge < -0.3 is 10.1 Å². The largest absolute Gasteiger partial charge is 0.496 e. The zero-order chi connectivity index (χ0) is 16.3. The number of hydrogen-bond donors (Lipinski definition) is 1. The molecule has 0 bridgehead atoms. The van der Waals surface area contributed by atoms with Crippen LogP contribution in [0.15, 0.2) is 24.3 Å². The van der Waals surface area contributed by atoms with Crippen molar-refractivity contribution in [3.05, 3.63) is 35.5 Å². The third kappa shape index (κ3) is 3.47. The maximum atomic E-state index is 12.1. The fourth-order valence-electron chi connectivity index (χ4n) is 2.24. The van der Waals surface area contributed by atoms with E-state index in [2.05, 4.69) is 24.3 Å². The van der Waals surface area contributed by atoms with Gasteiger partial charge in [-0.25, -0.2) is 0 Å². The highest BCUT2D eigenvalue weighted by Crippen LogP contribution is 2.31. The molecule has 1 heterocycles. The Morgan fingerprint density at radius 1 is 1.36 bits per heavy atom. The van der Waals surface area contributed by atoms with E-state index in [1.54, 1.807) is 17.9 Å². The van der Waals surface area contributed by atoms with Crippen LogP contribution in [0.1, 0.15) is 29.9 Å². The topological polar surface area (TPSA) is 56.1 Å². The summed E-state index contributed by atoms with van der Waals surface area (Å²) in [5.41, 5.74) is 3.33. The normalized spacial score (nSPS) is 10.8. The first-order valence-corrected chi connectivity index (χ1v) is 7.39. The van der Waals surface area contributed by atoms with Crippen LogP contribution in [0.5, 0.6) is 5.75 Å². The summed E-state index contributed by atoms with van der Waals surface area (Å²) in [5.74, 6) is 1.02. The Morgan fingerprint density at radius 2 is 2.09 bits per heavy atom. The van der Waals surface area contributed by atoms with E-state index in [0.717, 1.165) is 22.6 Å². The molecule has 0 fully saturated rings. The Hall–Kier alpha value is -2.30. The van der Waals surface area contributed by atoms with Gasteiger partial charge in [0.2, 0.25) is 0 Å². The average molecular weight is 301 g/mol. The molecule has 1 amide bonds. The van der Waals surface area contributed by atoms with Crippen LogP contribution in [0, 0.1) is 12.8 Å². The van der Waals surface area contributed by atoms with Gasteiger partial charge in [0.1, 0.15) is 5.75 Å². The van der Waals surface area contributed by atoms with Crippen molar-refractivity contribution in [3.63, 3.8) is 0 Å². The molecule has 1 N–H and O–H groups in total. The van der Waals surface area contributed by atoms with Gasteiger partial charge in [-0.1, -0.05) is 25.5 Å². The molecule has 2 aromatic rings. The molecule has 1 aromatic carbocycles. The predicted octanol–water partition coefficient (Wildman–Crippen LogP) is 2.79. The number of amides is 1. The summed E-state index contributed by atoms with van der Waals surface area (Å²) in [5, 5.41) is 7.20. The average Bonchev–Trinajstić information content (AvgIpc) is 2.86. The first kappa shape index (κ1) is 16.1. The minimum Gasteiger partial charge on any atom is -0.496 e. The monoisotopic (exact) mass is 301 g/mol. The van der Waals surface area contributed by atoms with E-state index >= 15 is 0 Å². The van der Waals surface area contributed by atoms with Crippen molar-refractivity contribution in [2.75, 3.05) is 13.7 Å². The molecular formula is C17H23N3O2. The van der Waals surface area contributed by atoms with Crippen molar-refractivity contribution in [1.29, 1.82) is 0 Å². The molecular weight excluding hydrogens is 278 g/mol. The molecule has 0 saturated heterocycles. The number of benzene rings is 1. The molecule has 0 unspecified atom stereocenters. The van der Waals surface area contributed by atoms with Crippen molar-refractivity contribution in [1.82, 2.24) is 15.1 Å². The number of methoxy groups -OCH3 is 1. The van der Waals surface area contributed by atoms with E-state index in [-0.39, 0.29) is 5.91 Å². The first-order valence-electron chi connectivity index (χ1n) is 7.39. The van der Waals surface area contributed by atoms with Crippen molar-refractivity contribution < 1.29 is 9.53 Å². The van der Waals surface area contributed by atoms with Gasteiger partial charge in [-0.05, 0) is 31.0 Å². The van der Waals surface area contributed by atoms with Gasteiger partial charge >= 0.3 is 0 Å². The van der Waals surface area contributed by atoms with Crippen LogP contribution in [0.4, 0.5) is 0 Å². The quantitative estimate of drug-likeness (QED) is 0.924. The zero-order valence-electron chi connectivity index (χ0n) is 13.8. The van der Waals surface area contributed by atoms with Gasteiger partial charge in [0.15, 0.2) is 5.69 Å². The molecule has 118 valence electrons. The summed E-state index contributed by atoms with van der Waals surface area (Å²) in [6, 6.07) is 7.75. The second-order valence-electron chi connectivity index (χ2n) is 5.85. The Morgan fingerprint density at radius 3 is 2.73 bits per heavy atom. The van der Waals surface area contributed by atoms with E-state index in [9.17, 15) is 4.79 Å². The van der Waals surface area contributed by atoms with Gasteiger partial charge in [0, 0.05) is 19.2 Å². The third-order valence-corrected chi connectivity index (χ3v) is 3.41. The van der Waals surface area contributed by atoms with Crippen molar-refractivity contribution >= 4 is 5.91 Å². The van der Waals surface area contributed by atoms with Crippen molar-refractivity contribution in [2.45, 2.75) is 20.8 Å². The fraction of sp³-hybridized carbons (Fsp3) is 0.412. The highest BCUT2D eigenvalue weighted by atomic mass is 16.5. The highest BCUT2D eigenvalue weighted by Gasteiger charge is 2.16. The van der Waals surface area contributed by atoms with Crippen LogP contribution < -0.4 is 10.1 Å². The lowest BCUT2D eigenvalue weighted by Gasteiger charge is -2.09. The molecule has 0 radical (unpaired) electrons. The van der Waals surface area contributed by atoms with Crippen LogP contribution >= 0.6 is 0 Å². The molecule has 0 aliphatic rings. The fourth-order valence-corrected chi connectivity index (χ4v) is 2.24. The van der Waals surface area contributed by atoms with E-state index < -0.39 is 0 Å². The van der Waals surface area contributed by atoms with Crippen LogP contribution in [0.3, 0.4) is 0 Å². The number of nitrogens with zero attached hydrogens (tertiary/aromatic N) is 2. The van der Waals surface area contributed by atoms with Crippen LogP contribution in [0.25, 0.3) is 11.3 Å². The molecule has 0 spiro atoms. The summed E-state index contributed by atoms with van der Waals surface area (Å²) in [6.07, 6.45) is 0. The number of aromatic nitrogens is 2. The summed E-state index contributed by atoms with van der Waals surface area (Å²) in [6.45, 7) is 6.78. The molecule has 0 aliphatic carbocycles. The van der Waals surface area contributed by atoms with E-state index in [1.165, 1.54) is 0 Å². The second-order valence-corrected chi connectivity index (χ2v) is 5.85. The molecule has 0 aliphatic heterocycles. The molecule has 5 nitrogen and oxygen atoms in total. The van der Waals surface area contributed by atoms with Crippen molar-refractivity contribution in [3.8, 4) is 17.0 Å². The third-order valence-electron chi connectivity index (χ3n) is 3.41.